The zero-order valence-electron chi connectivity index (χ0n) is 13.1. The lowest BCUT2D eigenvalue weighted by atomic mass is 9.99. The monoisotopic (exact) mass is 342 g/mol. The van der Waals surface area contributed by atoms with Gasteiger partial charge in [0, 0.05) is 0 Å². The van der Waals surface area contributed by atoms with Gasteiger partial charge in [-0.05, 0) is 37.1 Å². The van der Waals surface area contributed by atoms with E-state index in [1.54, 1.807) is 12.1 Å². The molecule has 5 nitrogen and oxygen atoms in total. The number of aliphatic hydroxyl groups excluding tert-OH is 1. The molecule has 0 spiro atoms. The van der Waals surface area contributed by atoms with E-state index in [-0.39, 0.29) is 18.3 Å². The molecule has 124 valence electrons. The number of hydrogen-bond donors (Lipinski definition) is 2. The maximum absolute atomic E-state index is 12.4. The fraction of sp³-hybridized carbons (Fsp3) is 0.333. The average molecular weight is 342 g/mol. The number of fused-ring (bicyclic) bond motifs is 1. The number of para-hydroxylation sites is 1. The molecule has 1 saturated carbocycles. The third kappa shape index (κ3) is 2.72. The van der Waals surface area contributed by atoms with Gasteiger partial charge in [0.05, 0.1) is 22.4 Å². The third-order valence-electron chi connectivity index (χ3n) is 4.58. The van der Waals surface area contributed by atoms with Crippen LogP contribution in [0.1, 0.15) is 36.2 Å². The molecule has 0 atom stereocenters. The molecule has 2 aromatic heterocycles. The van der Waals surface area contributed by atoms with Crippen LogP contribution >= 0.6 is 11.3 Å². The van der Waals surface area contributed by atoms with Crippen molar-refractivity contribution in [1.29, 1.82) is 0 Å². The van der Waals surface area contributed by atoms with Gasteiger partial charge in [-0.2, -0.15) is 0 Å². The molecule has 1 amide bonds. The van der Waals surface area contributed by atoms with Crippen molar-refractivity contribution in [2.45, 2.75) is 31.2 Å². The number of benzene rings is 1. The lowest BCUT2D eigenvalue weighted by Gasteiger charge is -2.27. The predicted molar refractivity (Wildman–Crippen MR) is 93.1 cm³/mol. The van der Waals surface area contributed by atoms with Crippen molar-refractivity contribution < 1.29 is 14.3 Å². The zero-order valence-corrected chi connectivity index (χ0v) is 13.9. The molecule has 0 saturated heterocycles. The largest absolute Gasteiger partial charge is 0.448 e. The van der Waals surface area contributed by atoms with E-state index >= 15 is 0 Å². The number of amides is 1. The van der Waals surface area contributed by atoms with Crippen LogP contribution in [0.2, 0.25) is 0 Å². The summed E-state index contributed by atoms with van der Waals surface area (Å²) in [7, 11) is 0. The Morgan fingerprint density at radius 1 is 1.25 bits per heavy atom. The third-order valence-corrected chi connectivity index (χ3v) is 5.63. The first-order valence-corrected chi connectivity index (χ1v) is 8.90. The number of furan rings is 1. The van der Waals surface area contributed by atoms with Crippen LogP contribution in [0.5, 0.6) is 0 Å². The van der Waals surface area contributed by atoms with Crippen LogP contribution in [0.3, 0.4) is 0 Å². The number of aromatic nitrogens is 1. The maximum atomic E-state index is 12.4. The Labute approximate surface area is 143 Å². The Hall–Kier alpha value is -2.18. The number of aliphatic hydroxyl groups is 1. The minimum atomic E-state index is -0.500. The van der Waals surface area contributed by atoms with E-state index in [0.717, 1.165) is 40.9 Å². The minimum absolute atomic E-state index is 0.0375. The van der Waals surface area contributed by atoms with Crippen LogP contribution < -0.4 is 5.32 Å². The summed E-state index contributed by atoms with van der Waals surface area (Å²) in [5, 5.41) is 13.3. The smallest absolute Gasteiger partial charge is 0.287 e. The second kappa shape index (κ2) is 6.03. The van der Waals surface area contributed by atoms with E-state index in [2.05, 4.69) is 10.3 Å². The first kappa shape index (κ1) is 15.4. The standard InChI is InChI=1S/C18H18N2O3S/c21-11-18(9-3-4-10-18)20-16(22)13-7-8-14(23-13)17-19-12-5-1-2-6-15(12)24-17/h1-2,5-8,21H,3-4,9-11H2,(H,20,22). The number of carbonyl (C=O) groups is 1. The molecular formula is C18H18N2O3S. The summed E-state index contributed by atoms with van der Waals surface area (Å²) in [4.78, 5) is 17.0. The van der Waals surface area contributed by atoms with Crippen molar-refractivity contribution in [3.63, 3.8) is 0 Å². The molecule has 1 aromatic carbocycles. The van der Waals surface area contributed by atoms with Gasteiger partial charge in [-0.1, -0.05) is 25.0 Å². The second-order valence-corrected chi connectivity index (χ2v) is 7.28. The van der Waals surface area contributed by atoms with Gasteiger partial charge in [0.2, 0.25) is 0 Å². The summed E-state index contributed by atoms with van der Waals surface area (Å²) in [5.74, 6) is 0.563. The summed E-state index contributed by atoms with van der Waals surface area (Å²) in [6, 6.07) is 11.3. The van der Waals surface area contributed by atoms with Crippen LogP contribution in [-0.4, -0.2) is 28.1 Å². The molecule has 2 heterocycles. The van der Waals surface area contributed by atoms with Crippen LogP contribution in [-0.2, 0) is 0 Å². The molecule has 2 N–H and O–H groups in total. The first-order valence-electron chi connectivity index (χ1n) is 8.08. The van der Waals surface area contributed by atoms with Crippen molar-refractivity contribution in [3.05, 3.63) is 42.2 Å². The maximum Gasteiger partial charge on any atom is 0.287 e. The van der Waals surface area contributed by atoms with Gasteiger partial charge >= 0.3 is 0 Å². The van der Waals surface area contributed by atoms with E-state index in [4.69, 9.17) is 4.42 Å². The zero-order chi connectivity index (χ0) is 16.6. The SMILES string of the molecule is O=C(NC1(CO)CCCC1)c1ccc(-c2nc3ccccc3s2)o1. The van der Waals surface area contributed by atoms with Gasteiger partial charge in [-0.15, -0.1) is 11.3 Å². The van der Waals surface area contributed by atoms with E-state index in [1.807, 2.05) is 24.3 Å². The van der Waals surface area contributed by atoms with Crippen molar-refractivity contribution in [2.75, 3.05) is 6.61 Å². The Kier molecular flexibility index (Phi) is 3.86. The molecule has 0 radical (unpaired) electrons. The summed E-state index contributed by atoms with van der Waals surface area (Å²) >= 11 is 1.54. The lowest BCUT2D eigenvalue weighted by Crippen LogP contribution is -2.49. The number of carbonyl (C=O) groups excluding carboxylic acids is 1. The Morgan fingerprint density at radius 3 is 2.79 bits per heavy atom. The molecule has 3 aromatic rings. The summed E-state index contributed by atoms with van der Waals surface area (Å²) in [5.41, 5.74) is 0.421. The number of nitrogens with zero attached hydrogens (tertiary/aromatic N) is 1. The molecule has 0 unspecified atom stereocenters. The van der Waals surface area contributed by atoms with E-state index in [0.29, 0.717) is 5.76 Å². The molecule has 6 heteroatoms. The molecule has 1 fully saturated rings. The molecule has 0 bridgehead atoms. The highest BCUT2D eigenvalue weighted by molar-refractivity contribution is 7.21. The van der Waals surface area contributed by atoms with E-state index in [9.17, 15) is 9.90 Å². The molecule has 4 rings (SSSR count). The highest BCUT2D eigenvalue weighted by atomic mass is 32.1. The summed E-state index contributed by atoms with van der Waals surface area (Å²) < 4.78 is 6.80. The highest BCUT2D eigenvalue weighted by Crippen LogP contribution is 2.32. The van der Waals surface area contributed by atoms with Crippen LogP contribution in [0, 0.1) is 0 Å². The Morgan fingerprint density at radius 2 is 2.04 bits per heavy atom. The molecule has 24 heavy (non-hydrogen) atoms. The van der Waals surface area contributed by atoms with E-state index < -0.39 is 5.54 Å². The van der Waals surface area contributed by atoms with Crippen molar-refractivity contribution >= 4 is 27.5 Å². The van der Waals surface area contributed by atoms with Gasteiger partial charge in [0.1, 0.15) is 0 Å². The predicted octanol–water partition coefficient (Wildman–Crippen LogP) is 3.59. The Balaban J connectivity index is 1.56. The summed E-state index contributed by atoms with van der Waals surface area (Å²) in [6.45, 7) is -0.0375. The van der Waals surface area contributed by atoms with Crippen LogP contribution in [0.15, 0.2) is 40.8 Å². The van der Waals surface area contributed by atoms with Crippen molar-refractivity contribution in [1.82, 2.24) is 10.3 Å². The number of thiazole rings is 1. The van der Waals surface area contributed by atoms with E-state index in [1.165, 1.54) is 11.3 Å². The molecule has 0 aliphatic heterocycles. The molecule has 1 aliphatic rings. The van der Waals surface area contributed by atoms with Gasteiger partial charge in [0.15, 0.2) is 16.5 Å². The van der Waals surface area contributed by atoms with Crippen LogP contribution in [0.25, 0.3) is 21.0 Å². The van der Waals surface area contributed by atoms with Crippen molar-refractivity contribution in [3.8, 4) is 10.8 Å². The van der Waals surface area contributed by atoms with Crippen LogP contribution in [0.4, 0.5) is 0 Å². The van der Waals surface area contributed by atoms with Gasteiger partial charge in [0.25, 0.3) is 5.91 Å². The number of rotatable bonds is 4. The fourth-order valence-corrected chi connectivity index (χ4v) is 4.16. The summed E-state index contributed by atoms with van der Waals surface area (Å²) in [6.07, 6.45) is 3.66. The molecular weight excluding hydrogens is 324 g/mol. The normalized spacial score (nSPS) is 16.5. The quantitative estimate of drug-likeness (QED) is 0.760. The number of nitrogens with one attached hydrogen (secondary N) is 1. The Bertz CT molecular complexity index is 844. The fourth-order valence-electron chi connectivity index (χ4n) is 3.23. The highest BCUT2D eigenvalue weighted by Gasteiger charge is 2.35. The second-order valence-electron chi connectivity index (χ2n) is 6.25. The first-order chi connectivity index (χ1) is 11.7. The lowest BCUT2D eigenvalue weighted by molar-refractivity contribution is 0.0811. The molecule has 1 aliphatic carbocycles. The average Bonchev–Trinajstić information content (AvgIpc) is 3.33. The van der Waals surface area contributed by atoms with Crippen molar-refractivity contribution in [2.24, 2.45) is 0 Å². The van der Waals surface area contributed by atoms with Gasteiger partial charge in [-0.3, -0.25) is 4.79 Å². The minimum Gasteiger partial charge on any atom is -0.448 e. The van der Waals surface area contributed by atoms with Gasteiger partial charge in [-0.25, -0.2) is 4.98 Å². The van der Waals surface area contributed by atoms with Gasteiger partial charge < -0.3 is 14.8 Å². The number of hydrogen-bond acceptors (Lipinski definition) is 5. The topological polar surface area (TPSA) is 75.4 Å².